The van der Waals surface area contributed by atoms with E-state index in [0.717, 1.165) is 25.1 Å². The van der Waals surface area contributed by atoms with Gasteiger partial charge in [0, 0.05) is 24.5 Å². The van der Waals surface area contributed by atoms with Gasteiger partial charge in [-0.2, -0.15) is 0 Å². The molecule has 2 rings (SSSR count). The van der Waals surface area contributed by atoms with Crippen LogP contribution in [-0.4, -0.2) is 16.5 Å². The smallest absolute Gasteiger partial charge is 0.223 e. The number of hydrogen-bond donors (Lipinski definition) is 1. The van der Waals surface area contributed by atoms with Crippen molar-refractivity contribution in [2.45, 2.75) is 19.9 Å². The first-order valence-electron chi connectivity index (χ1n) is 6.12. The summed E-state index contributed by atoms with van der Waals surface area (Å²) in [6.07, 6.45) is 6.24. The van der Waals surface area contributed by atoms with Gasteiger partial charge in [0.15, 0.2) is 0 Å². The van der Waals surface area contributed by atoms with Gasteiger partial charge in [-0.1, -0.05) is 13.0 Å². The topological polar surface area (TPSA) is 47.0 Å². The Morgan fingerprint density at radius 3 is 2.89 bits per heavy atom. The van der Waals surface area contributed by atoms with Crippen LogP contribution in [0, 0.1) is 0 Å². The molecule has 0 bridgehead atoms. The van der Waals surface area contributed by atoms with Crippen LogP contribution in [0.1, 0.15) is 18.9 Å². The minimum atomic E-state index is 0.633. The maximum absolute atomic E-state index is 5.73. The average Bonchev–Trinajstić information content (AvgIpc) is 2.42. The Labute approximate surface area is 107 Å². The minimum Gasteiger partial charge on any atom is -0.437 e. The highest BCUT2D eigenvalue weighted by Gasteiger charge is 2.05. The highest BCUT2D eigenvalue weighted by atomic mass is 16.5. The zero-order chi connectivity index (χ0) is 12.6. The van der Waals surface area contributed by atoms with Crippen molar-refractivity contribution in [1.29, 1.82) is 0 Å². The Morgan fingerprint density at radius 2 is 2.11 bits per heavy atom. The summed E-state index contributed by atoms with van der Waals surface area (Å²) in [5, 5.41) is 3.34. The maximum atomic E-state index is 5.73. The van der Waals surface area contributed by atoms with E-state index in [1.54, 1.807) is 18.6 Å². The Balaban J connectivity index is 2.07. The summed E-state index contributed by atoms with van der Waals surface area (Å²) < 4.78 is 5.73. The van der Waals surface area contributed by atoms with Gasteiger partial charge in [-0.3, -0.25) is 4.98 Å². The van der Waals surface area contributed by atoms with Gasteiger partial charge >= 0.3 is 0 Å². The number of ether oxygens (including phenoxy) is 1. The van der Waals surface area contributed by atoms with Crippen LogP contribution >= 0.6 is 0 Å². The number of nitrogens with zero attached hydrogens (tertiary/aromatic N) is 2. The molecule has 0 aliphatic carbocycles. The molecule has 0 aliphatic heterocycles. The van der Waals surface area contributed by atoms with Gasteiger partial charge in [0.1, 0.15) is 5.75 Å². The number of hydrogen-bond acceptors (Lipinski definition) is 4. The molecule has 1 N–H and O–H groups in total. The number of nitrogens with one attached hydrogen (secondary N) is 1. The Bertz CT molecular complexity index is 473. The molecule has 0 aliphatic rings. The molecule has 2 aromatic rings. The fourth-order valence-electron chi connectivity index (χ4n) is 1.57. The van der Waals surface area contributed by atoms with Gasteiger partial charge in [-0.15, -0.1) is 0 Å². The van der Waals surface area contributed by atoms with Crippen molar-refractivity contribution >= 4 is 0 Å². The van der Waals surface area contributed by atoms with E-state index in [2.05, 4.69) is 22.2 Å². The van der Waals surface area contributed by atoms with E-state index in [1.807, 2.05) is 24.3 Å². The lowest BCUT2D eigenvalue weighted by molar-refractivity contribution is 0.451. The van der Waals surface area contributed by atoms with Crippen molar-refractivity contribution < 1.29 is 4.74 Å². The summed E-state index contributed by atoms with van der Waals surface area (Å²) in [5.41, 5.74) is 1.05. The third kappa shape index (κ3) is 3.53. The normalized spacial score (nSPS) is 10.3. The third-order valence-electron chi connectivity index (χ3n) is 2.44. The van der Waals surface area contributed by atoms with E-state index in [0.29, 0.717) is 11.6 Å². The van der Waals surface area contributed by atoms with Crippen molar-refractivity contribution in [1.82, 2.24) is 15.3 Å². The molecule has 0 atom stereocenters. The molecule has 94 valence electrons. The van der Waals surface area contributed by atoms with E-state index in [1.165, 1.54) is 0 Å². The van der Waals surface area contributed by atoms with Crippen molar-refractivity contribution in [2.75, 3.05) is 6.54 Å². The lowest BCUT2D eigenvalue weighted by Crippen LogP contribution is -2.14. The quantitative estimate of drug-likeness (QED) is 0.792. The summed E-state index contributed by atoms with van der Waals surface area (Å²) in [5.74, 6) is 1.34. The van der Waals surface area contributed by atoms with Crippen molar-refractivity contribution in [3.63, 3.8) is 0 Å². The molecule has 4 nitrogen and oxygen atoms in total. The largest absolute Gasteiger partial charge is 0.437 e. The zero-order valence-electron chi connectivity index (χ0n) is 10.5. The van der Waals surface area contributed by atoms with Crippen LogP contribution in [-0.2, 0) is 6.54 Å². The van der Waals surface area contributed by atoms with Gasteiger partial charge in [0.25, 0.3) is 0 Å². The zero-order valence-corrected chi connectivity index (χ0v) is 10.5. The van der Waals surface area contributed by atoms with Gasteiger partial charge in [0.05, 0.1) is 6.20 Å². The molecule has 0 fully saturated rings. The van der Waals surface area contributed by atoms with Crippen molar-refractivity contribution in [2.24, 2.45) is 0 Å². The molecule has 0 radical (unpaired) electrons. The molecule has 0 unspecified atom stereocenters. The minimum absolute atomic E-state index is 0.633. The molecule has 0 amide bonds. The first kappa shape index (κ1) is 12.5. The van der Waals surface area contributed by atoms with E-state index in [-0.39, 0.29) is 0 Å². The number of aromatic nitrogens is 2. The molecule has 18 heavy (non-hydrogen) atoms. The second kappa shape index (κ2) is 6.71. The molecule has 0 spiro atoms. The summed E-state index contributed by atoms with van der Waals surface area (Å²) in [4.78, 5) is 8.28. The lowest BCUT2D eigenvalue weighted by atomic mass is 10.2. The lowest BCUT2D eigenvalue weighted by Gasteiger charge is -2.09. The van der Waals surface area contributed by atoms with Gasteiger partial charge in [-0.25, -0.2) is 4.98 Å². The van der Waals surface area contributed by atoms with Crippen LogP contribution in [0.25, 0.3) is 0 Å². The summed E-state index contributed by atoms with van der Waals surface area (Å²) >= 11 is 0. The van der Waals surface area contributed by atoms with Gasteiger partial charge in [-0.05, 0) is 31.2 Å². The molecule has 0 aromatic carbocycles. The second-order valence-electron chi connectivity index (χ2n) is 3.94. The first-order valence-corrected chi connectivity index (χ1v) is 6.12. The van der Waals surface area contributed by atoms with E-state index < -0.39 is 0 Å². The maximum Gasteiger partial charge on any atom is 0.223 e. The average molecular weight is 243 g/mol. The van der Waals surface area contributed by atoms with Crippen LogP contribution < -0.4 is 10.1 Å². The van der Waals surface area contributed by atoms with E-state index in [4.69, 9.17) is 4.74 Å². The van der Waals surface area contributed by atoms with Crippen molar-refractivity contribution in [3.05, 3.63) is 48.4 Å². The summed E-state index contributed by atoms with van der Waals surface area (Å²) in [7, 11) is 0. The molecule has 4 heteroatoms. The van der Waals surface area contributed by atoms with Gasteiger partial charge in [0.2, 0.25) is 5.88 Å². The molecular formula is C14H17N3O. The number of pyridine rings is 2. The van der Waals surface area contributed by atoms with Crippen LogP contribution in [0.15, 0.2) is 42.9 Å². The monoisotopic (exact) mass is 243 g/mol. The van der Waals surface area contributed by atoms with E-state index >= 15 is 0 Å². The van der Waals surface area contributed by atoms with Crippen molar-refractivity contribution in [3.8, 4) is 11.6 Å². The molecule has 0 saturated heterocycles. The Hall–Kier alpha value is -1.94. The fraction of sp³-hybridized carbons (Fsp3) is 0.286. The first-order chi connectivity index (χ1) is 8.90. The molecule has 0 saturated carbocycles. The Morgan fingerprint density at radius 1 is 1.22 bits per heavy atom. The summed E-state index contributed by atoms with van der Waals surface area (Å²) in [6, 6.07) is 7.64. The Kier molecular flexibility index (Phi) is 4.67. The SMILES string of the molecule is CCCNCc1cccnc1Oc1cccnc1. The standard InChI is InChI=1S/C14H17N3O/c1-2-7-15-10-12-5-3-9-17-14(12)18-13-6-4-8-16-11-13/h3-6,8-9,11,15H,2,7,10H2,1H3. The van der Waals surface area contributed by atoms with Crippen LogP contribution in [0.2, 0.25) is 0 Å². The van der Waals surface area contributed by atoms with Gasteiger partial charge < -0.3 is 10.1 Å². The fourth-order valence-corrected chi connectivity index (χ4v) is 1.57. The van der Waals surface area contributed by atoms with Crippen LogP contribution in [0.3, 0.4) is 0 Å². The van der Waals surface area contributed by atoms with Crippen LogP contribution in [0.5, 0.6) is 11.6 Å². The second-order valence-corrected chi connectivity index (χ2v) is 3.94. The van der Waals surface area contributed by atoms with Crippen LogP contribution in [0.4, 0.5) is 0 Å². The predicted octanol–water partition coefficient (Wildman–Crippen LogP) is 2.77. The summed E-state index contributed by atoms with van der Waals surface area (Å²) in [6.45, 7) is 3.89. The van der Waals surface area contributed by atoms with E-state index in [9.17, 15) is 0 Å². The molecular weight excluding hydrogens is 226 g/mol. The number of rotatable bonds is 6. The third-order valence-corrected chi connectivity index (χ3v) is 2.44. The highest BCUT2D eigenvalue weighted by Crippen LogP contribution is 2.21. The molecule has 2 heterocycles. The predicted molar refractivity (Wildman–Crippen MR) is 70.5 cm³/mol. The highest BCUT2D eigenvalue weighted by molar-refractivity contribution is 5.30. The molecule has 2 aromatic heterocycles.